The van der Waals surface area contributed by atoms with Crippen molar-refractivity contribution in [1.82, 2.24) is 9.80 Å². The molecule has 1 aliphatic rings. The number of hydrogen-bond donors (Lipinski definition) is 2. The van der Waals surface area contributed by atoms with Crippen LogP contribution in [-0.2, 0) is 9.59 Å². The maximum Gasteiger partial charge on any atom is 0.314 e. The summed E-state index contributed by atoms with van der Waals surface area (Å²) in [6.07, 6.45) is 0. The zero-order valence-electron chi connectivity index (χ0n) is 12.0. The summed E-state index contributed by atoms with van der Waals surface area (Å²) in [7, 11) is 0. The second-order valence-corrected chi connectivity index (χ2v) is 4.97. The number of amides is 2. The van der Waals surface area contributed by atoms with Crippen LogP contribution in [-0.4, -0.2) is 60.9 Å². The number of nitrogens with one attached hydrogen (secondary N) is 1. The number of rotatable bonds is 3. The Morgan fingerprint density at radius 3 is 2.27 bits per heavy atom. The number of carbonyl (C=O) groups excluding carboxylic acids is 2. The first kappa shape index (κ1) is 16.3. The Kier molecular flexibility index (Phi) is 5.40. The van der Waals surface area contributed by atoms with Crippen LogP contribution < -0.4 is 11.1 Å². The van der Waals surface area contributed by atoms with Crippen molar-refractivity contribution in [3.05, 3.63) is 29.8 Å². The van der Waals surface area contributed by atoms with Gasteiger partial charge in [0.2, 0.25) is 0 Å². The van der Waals surface area contributed by atoms with Gasteiger partial charge in [0, 0.05) is 39.3 Å². The average Bonchev–Trinajstić information content (AvgIpc) is 2.51. The van der Waals surface area contributed by atoms with Crippen LogP contribution in [0.2, 0.25) is 0 Å². The largest absolute Gasteiger partial charge is 0.332 e. The zero-order valence-corrected chi connectivity index (χ0v) is 12.0. The monoisotopic (exact) mass is 312 g/mol. The Bertz CT molecular complexity index is 540. The highest BCUT2D eigenvalue weighted by molar-refractivity contribution is 6.39. The van der Waals surface area contributed by atoms with Crippen LogP contribution in [0, 0.1) is 11.6 Å². The van der Waals surface area contributed by atoms with Crippen LogP contribution in [0.25, 0.3) is 0 Å². The highest BCUT2D eigenvalue weighted by Crippen LogP contribution is 2.18. The summed E-state index contributed by atoms with van der Waals surface area (Å²) in [6, 6.07) is 3.20. The van der Waals surface area contributed by atoms with Crippen molar-refractivity contribution in [3.8, 4) is 0 Å². The van der Waals surface area contributed by atoms with Crippen molar-refractivity contribution in [2.75, 3.05) is 44.6 Å². The van der Waals surface area contributed by atoms with Gasteiger partial charge < -0.3 is 16.0 Å². The number of halogens is 2. The van der Waals surface area contributed by atoms with E-state index in [1.54, 1.807) is 0 Å². The minimum atomic E-state index is -1.05. The summed E-state index contributed by atoms with van der Waals surface area (Å²) in [5.74, 6) is -3.69. The molecule has 3 N–H and O–H groups in total. The van der Waals surface area contributed by atoms with Gasteiger partial charge in [-0.1, -0.05) is 6.07 Å². The van der Waals surface area contributed by atoms with Crippen molar-refractivity contribution >= 4 is 17.5 Å². The molecule has 0 aliphatic carbocycles. The van der Waals surface area contributed by atoms with Gasteiger partial charge in [-0.2, -0.15) is 0 Å². The summed E-state index contributed by atoms with van der Waals surface area (Å²) in [5.41, 5.74) is 4.85. The van der Waals surface area contributed by atoms with E-state index in [2.05, 4.69) is 4.90 Å². The lowest BCUT2D eigenvalue weighted by molar-refractivity contribution is -0.144. The van der Waals surface area contributed by atoms with Gasteiger partial charge in [0.05, 0.1) is 0 Å². The first-order valence-corrected chi connectivity index (χ1v) is 6.99. The molecule has 0 unspecified atom stereocenters. The van der Waals surface area contributed by atoms with Crippen molar-refractivity contribution < 1.29 is 18.4 Å². The van der Waals surface area contributed by atoms with Crippen LogP contribution >= 0.6 is 0 Å². The molecule has 2 rings (SSSR count). The Morgan fingerprint density at radius 1 is 1.14 bits per heavy atom. The van der Waals surface area contributed by atoms with Gasteiger partial charge in [-0.05, 0) is 12.1 Å². The van der Waals surface area contributed by atoms with Crippen molar-refractivity contribution in [3.63, 3.8) is 0 Å². The molecule has 0 spiro atoms. The fourth-order valence-corrected chi connectivity index (χ4v) is 2.28. The molecule has 120 valence electrons. The van der Waals surface area contributed by atoms with E-state index in [9.17, 15) is 18.4 Å². The quantitative estimate of drug-likeness (QED) is 0.771. The summed E-state index contributed by atoms with van der Waals surface area (Å²) in [4.78, 5) is 27.3. The van der Waals surface area contributed by atoms with Gasteiger partial charge in [0.15, 0.2) is 0 Å². The van der Waals surface area contributed by atoms with E-state index in [1.807, 2.05) is 5.32 Å². The third kappa shape index (κ3) is 3.77. The van der Waals surface area contributed by atoms with Crippen molar-refractivity contribution in [1.29, 1.82) is 0 Å². The molecular formula is C14H18F2N4O2. The van der Waals surface area contributed by atoms with Crippen LogP contribution in [0.3, 0.4) is 0 Å². The highest BCUT2D eigenvalue weighted by Gasteiger charge is 2.26. The van der Waals surface area contributed by atoms with Gasteiger partial charge in [-0.3, -0.25) is 14.5 Å². The van der Waals surface area contributed by atoms with E-state index in [0.717, 1.165) is 18.7 Å². The summed E-state index contributed by atoms with van der Waals surface area (Å²) < 4.78 is 26.9. The molecule has 1 fully saturated rings. The van der Waals surface area contributed by atoms with E-state index in [1.165, 1.54) is 11.0 Å². The maximum atomic E-state index is 13.5. The molecule has 0 bridgehead atoms. The van der Waals surface area contributed by atoms with Crippen LogP contribution in [0.5, 0.6) is 0 Å². The number of anilines is 1. The van der Waals surface area contributed by atoms with Gasteiger partial charge >= 0.3 is 11.8 Å². The lowest BCUT2D eigenvalue weighted by atomic mass is 10.2. The number of nitrogens with zero attached hydrogens (tertiary/aromatic N) is 2. The molecule has 2 amide bonds. The van der Waals surface area contributed by atoms with Gasteiger partial charge in [-0.25, -0.2) is 8.78 Å². The maximum absolute atomic E-state index is 13.5. The fraction of sp³-hybridized carbons (Fsp3) is 0.429. The summed E-state index contributed by atoms with van der Waals surface area (Å²) >= 11 is 0. The molecule has 1 aromatic rings. The Hall–Kier alpha value is -2.06. The molecule has 8 heteroatoms. The molecule has 1 saturated heterocycles. The summed E-state index contributed by atoms with van der Waals surface area (Å²) in [6.45, 7) is 3.25. The van der Waals surface area contributed by atoms with Gasteiger partial charge in [-0.15, -0.1) is 0 Å². The van der Waals surface area contributed by atoms with E-state index in [-0.39, 0.29) is 0 Å². The van der Waals surface area contributed by atoms with Crippen LogP contribution in [0.15, 0.2) is 18.2 Å². The number of benzene rings is 1. The third-order valence-corrected chi connectivity index (χ3v) is 3.50. The molecule has 0 aromatic heterocycles. The molecule has 1 aromatic carbocycles. The van der Waals surface area contributed by atoms with E-state index >= 15 is 0 Å². The smallest absolute Gasteiger partial charge is 0.314 e. The minimum Gasteiger partial charge on any atom is -0.332 e. The molecule has 0 saturated carbocycles. The predicted molar refractivity (Wildman–Crippen MR) is 77.1 cm³/mol. The molecular weight excluding hydrogens is 294 g/mol. The number of para-hydroxylation sites is 1. The normalized spacial score (nSPS) is 15.7. The summed E-state index contributed by atoms with van der Waals surface area (Å²) in [5, 5.41) is 2.00. The molecule has 22 heavy (non-hydrogen) atoms. The first-order valence-electron chi connectivity index (χ1n) is 6.99. The van der Waals surface area contributed by atoms with Crippen molar-refractivity contribution in [2.45, 2.75) is 0 Å². The van der Waals surface area contributed by atoms with Crippen molar-refractivity contribution in [2.24, 2.45) is 5.73 Å². The van der Waals surface area contributed by atoms with E-state index < -0.39 is 29.1 Å². The topological polar surface area (TPSA) is 78.7 Å². The lowest BCUT2D eigenvalue weighted by Gasteiger charge is -2.34. The van der Waals surface area contributed by atoms with E-state index in [4.69, 9.17) is 5.73 Å². The van der Waals surface area contributed by atoms with E-state index in [0.29, 0.717) is 32.7 Å². The van der Waals surface area contributed by atoms with Gasteiger partial charge in [0.1, 0.15) is 17.3 Å². The number of hydrogen-bond acceptors (Lipinski definition) is 4. The zero-order chi connectivity index (χ0) is 16.1. The van der Waals surface area contributed by atoms with Gasteiger partial charge in [0.25, 0.3) is 0 Å². The minimum absolute atomic E-state index is 0.381. The second-order valence-electron chi connectivity index (χ2n) is 4.97. The predicted octanol–water partition coefficient (Wildman–Crippen LogP) is 0.00620. The molecule has 1 aliphatic heterocycles. The highest BCUT2D eigenvalue weighted by atomic mass is 19.1. The molecule has 6 nitrogen and oxygen atoms in total. The first-order chi connectivity index (χ1) is 10.5. The fourth-order valence-electron chi connectivity index (χ4n) is 2.28. The lowest BCUT2D eigenvalue weighted by Crippen LogP contribution is -2.52. The Morgan fingerprint density at radius 2 is 1.73 bits per heavy atom. The van der Waals surface area contributed by atoms with Crippen LogP contribution in [0.4, 0.5) is 14.5 Å². The Balaban J connectivity index is 1.94. The number of piperazine rings is 1. The molecule has 0 radical (unpaired) electrons. The number of nitrogens with two attached hydrogens (primary N) is 1. The number of carbonyl (C=O) groups is 2. The van der Waals surface area contributed by atoms with Crippen LogP contribution in [0.1, 0.15) is 0 Å². The molecule has 0 atom stereocenters. The average molecular weight is 312 g/mol. The Labute approximate surface area is 126 Å². The second kappa shape index (κ2) is 7.28. The standard InChI is InChI=1S/C14H18F2N4O2/c15-10-2-1-3-11(16)12(10)18-13(21)14(22)20-8-6-19(5-4-17)7-9-20/h1-3H,4-9,17H2,(H,18,21). The molecule has 1 heterocycles. The third-order valence-electron chi connectivity index (χ3n) is 3.50. The SMILES string of the molecule is NCCN1CCN(C(=O)C(=O)Nc2c(F)cccc2F)CC1.